The van der Waals surface area contributed by atoms with Crippen molar-refractivity contribution in [3.05, 3.63) is 40.1 Å². The first-order valence-electron chi connectivity index (χ1n) is 8.19. The van der Waals surface area contributed by atoms with Gasteiger partial charge in [-0.2, -0.15) is 0 Å². The normalized spacial score (nSPS) is 20.0. The molecule has 0 unspecified atom stereocenters. The Morgan fingerprint density at radius 3 is 2.54 bits per heavy atom. The van der Waals surface area contributed by atoms with Gasteiger partial charge >= 0.3 is 6.09 Å². The number of rotatable bonds is 1. The first kappa shape index (κ1) is 15.1. The Labute approximate surface area is 139 Å². The van der Waals surface area contributed by atoms with Crippen molar-refractivity contribution >= 4 is 22.9 Å². The van der Waals surface area contributed by atoms with Crippen molar-refractivity contribution in [2.24, 2.45) is 0 Å². The van der Waals surface area contributed by atoms with E-state index in [-0.39, 0.29) is 11.5 Å². The van der Waals surface area contributed by atoms with Gasteiger partial charge in [-0.3, -0.25) is 4.79 Å². The van der Waals surface area contributed by atoms with Gasteiger partial charge in [0.2, 0.25) is 0 Å². The van der Waals surface area contributed by atoms with Crippen LogP contribution in [0.15, 0.2) is 33.5 Å². The lowest BCUT2D eigenvalue weighted by molar-refractivity contribution is 0.0361. The molecule has 2 aliphatic heterocycles. The number of hydrogen-bond donors (Lipinski definition) is 0. The van der Waals surface area contributed by atoms with E-state index in [1.165, 1.54) is 0 Å². The van der Waals surface area contributed by atoms with Crippen LogP contribution in [0.3, 0.4) is 0 Å². The van der Waals surface area contributed by atoms with Crippen molar-refractivity contribution in [2.75, 3.05) is 31.6 Å². The van der Waals surface area contributed by atoms with Gasteiger partial charge in [0.15, 0.2) is 11.3 Å². The van der Waals surface area contributed by atoms with Crippen LogP contribution in [0.5, 0.6) is 0 Å². The average molecular weight is 328 g/mol. The highest BCUT2D eigenvalue weighted by Gasteiger charge is 2.45. The minimum Gasteiger partial charge on any atom is -0.441 e. The molecule has 126 valence electrons. The molecule has 0 aliphatic carbocycles. The number of carbonyl (C=O) groups excluding carboxylic acids is 1. The number of aryl methyl sites for hydroxylation is 1. The zero-order chi connectivity index (χ0) is 16.9. The molecule has 1 spiro atoms. The van der Waals surface area contributed by atoms with Crippen LogP contribution in [0, 0.1) is 6.92 Å². The summed E-state index contributed by atoms with van der Waals surface area (Å²) < 4.78 is 11.5. The van der Waals surface area contributed by atoms with Gasteiger partial charge in [0, 0.05) is 39.0 Å². The zero-order valence-corrected chi connectivity index (χ0v) is 13.9. The standard InChI is InChI=1S/C18H20N2O4/c1-12-3-4-15-13(9-12)14(21)10-16(23-15)20-7-5-18(6-8-20)11-19(2)17(22)24-18/h3-4,9-10H,5-8,11H2,1-2H3. The van der Waals surface area contributed by atoms with E-state index in [4.69, 9.17) is 9.15 Å². The summed E-state index contributed by atoms with van der Waals surface area (Å²) >= 11 is 0. The molecule has 4 rings (SSSR count). The van der Waals surface area contributed by atoms with Gasteiger partial charge in [-0.1, -0.05) is 11.6 Å². The summed E-state index contributed by atoms with van der Waals surface area (Å²) in [6.07, 6.45) is 1.22. The second-order valence-corrected chi connectivity index (χ2v) is 6.84. The zero-order valence-electron chi connectivity index (χ0n) is 13.9. The Bertz CT molecular complexity index is 865. The Hall–Kier alpha value is -2.50. The lowest BCUT2D eigenvalue weighted by atomic mass is 9.91. The summed E-state index contributed by atoms with van der Waals surface area (Å²) in [6, 6.07) is 7.19. The molecule has 0 radical (unpaired) electrons. The summed E-state index contributed by atoms with van der Waals surface area (Å²) in [5, 5.41) is 0.610. The van der Waals surface area contributed by atoms with Gasteiger partial charge in [-0.05, 0) is 19.1 Å². The van der Waals surface area contributed by atoms with Crippen LogP contribution in [-0.4, -0.2) is 43.3 Å². The molecule has 0 atom stereocenters. The number of anilines is 1. The molecule has 1 aromatic heterocycles. The van der Waals surface area contributed by atoms with Crippen LogP contribution in [0.4, 0.5) is 10.7 Å². The lowest BCUT2D eigenvalue weighted by Crippen LogP contribution is -2.46. The molecular formula is C18H20N2O4. The summed E-state index contributed by atoms with van der Waals surface area (Å²) in [5.74, 6) is 0.587. The number of carbonyl (C=O) groups is 1. The Kier molecular flexibility index (Phi) is 3.30. The van der Waals surface area contributed by atoms with Crippen molar-refractivity contribution < 1.29 is 13.9 Å². The second-order valence-electron chi connectivity index (χ2n) is 6.84. The van der Waals surface area contributed by atoms with Gasteiger partial charge in [0.1, 0.15) is 11.2 Å². The van der Waals surface area contributed by atoms with Crippen LogP contribution in [0.25, 0.3) is 11.0 Å². The number of hydrogen-bond acceptors (Lipinski definition) is 5. The van der Waals surface area contributed by atoms with E-state index in [1.807, 2.05) is 25.1 Å². The number of piperidine rings is 1. The predicted molar refractivity (Wildman–Crippen MR) is 90.5 cm³/mol. The number of benzene rings is 1. The van der Waals surface area contributed by atoms with Crippen molar-refractivity contribution in [1.29, 1.82) is 0 Å². The third-order valence-corrected chi connectivity index (χ3v) is 5.00. The van der Waals surface area contributed by atoms with Gasteiger partial charge in [-0.25, -0.2) is 4.79 Å². The summed E-state index contributed by atoms with van der Waals surface area (Å²) in [5.41, 5.74) is 1.23. The smallest absolute Gasteiger partial charge is 0.410 e. The van der Waals surface area contributed by atoms with E-state index in [9.17, 15) is 9.59 Å². The third kappa shape index (κ3) is 2.42. The van der Waals surface area contributed by atoms with Gasteiger partial charge in [0.25, 0.3) is 0 Å². The van der Waals surface area contributed by atoms with Gasteiger partial charge in [-0.15, -0.1) is 0 Å². The maximum absolute atomic E-state index is 12.4. The molecular weight excluding hydrogens is 308 g/mol. The van der Waals surface area contributed by atoms with E-state index in [0.29, 0.717) is 36.5 Å². The minimum absolute atomic E-state index is 0.0257. The molecule has 0 N–H and O–H groups in total. The summed E-state index contributed by atoms with van der Waals surface area (Å²) in [6.45, 7) is 3.97. The first-order valence-corrected chi connectivity index (χ1v) is 8.19. The fraction of sp³-hybridized carbons (Fsp3) is 0.444. The molecule has 1 amide bonds. The molecule has 2 aliphatic rings. The molecule has 2 aromatic rings. The number of fused-ring (bicyclic) bond motifs is 1. The van der Waals surface area contributed by atoms with Crippen LogP contribution in [0.1, 0.15) is 18.4 Å². The van der Waals surface area contributed by atoms with Crippen LogP contribution in [-0.2, 0) is 4.74 Å². The fourth-order valence-corrected chi connectivity index (χ4v) is 3.60. The minimum atomic E-state index is -0.392. The maximum Gasteiger partial charge on any atom is 0.410 e. The summed E-state index contributed by atoms with van der Waals surface area (Å²) in [4.78, 5) is 27.7. The van der Waals surface area contributed by atoms with E-state index >= 15 is 0 Å². The Morgan fingerprint density at radius 1 is 1.12 bits per heavy atom. The Balaban J connectivity index is 1.58. The summed E-state index contributed by atoms with van der Waals surface area (Å²) in [7, 11) is 1.76. The molecule has 1 aromatic carbocycles. The molecule has 2 saturated heterocycles. The molecule has 2 fully saturated rings. The average Bonchev–Trinajstić information content (AvgIpc) is 2.82. The highest BCUT2D eigenvalue weighted by atomic mass is 16.6. The largest absolute Gasteiger partial charge is 0.441 e. The number of likely N-dealkylation sites (N-methyl/N-ethyl adjacent to an activating group) is 1. The SMILES string of the molecule is Cc1ccc2oc(N3CCC4(CC3)CN(C)C(=O)O4)cc(=O)c2c1. The number of nitrogens with zero attached hydrogens (tertiary/aromatic N) is 2. The van der Waals surface area contributed by atoms with E-state index in [0.717, 1.165) is 18.4 Å². The molecule has 6 heteroatoms. The fourth-order valence-electron chi connectivity index (χ4n) is 3.60. The monoisotopic (exact) mass is 328 g/mol. The van der Waals surface area contributed by atoms with E-state index < -0.39 is 5.60 Å². The highest BCUT2D eigenvalue weighted by Crippen LogP contribution is 2.34. The van der Waals surface area contributed by atoms with Crippen molar-refractivity contribution in [2.45, 2.75) is 25.4 Å². The Morgan fingerprint density at radius 2 is 1.88 bits per heavy atom. The van der Waals surface area contributed by atoms with Crippen LogP contribution >= 0.6 is 0 Å². The first-order chi connectivity index (χ1) is 11.5. The highest BCUT2D eigenvalue weighted by molar-refractivity contribution is 5.78. The molecule has 6 nitrogen and oxygen atoms in total. The van der Waals surface area contributed by atoms with E-state index in [1.54, 1.807) is 18.0 Å². The quantitative estimate of drug-likeness (QED) is 0.805. The van der Waals surface area contributed by atoms with Gasteiger partial charge < -0.3 is 19.0 Å². The van der Waals surface area contributed by atoms with Crippen LogP contribution < -0.4 is 10.3 Å². The van der Waals surface area contributed by atoms with E-state index in [2.05, 4.69) is 4.90 Å². The molecule has 0 bridgehead atoms. The number of amides is 1. The number of ether oxygens (including phenoxy) is 1. The lowest BCUT2D eigenvalue weighted by Gasteiger charge is -2.37. The maximum atomic E-state index is 12.4. The van der Waals surface area contributed by atoms with Gasteiger partial charge in [0.05, 0.1) is 11.9 Å². The topological polar surface area (TPSA) is 63.0 Å². The van der Waals surface area contributed by atoms with Crippen molar-refractivity contribution in [1.82, 2.24) is 4.90 Å². The third-order valence-electron chi connectivity index (χ3n) is 5.00. The van der Waals surface area contributed by atoms with Crippen molar-refractivity contribution in [3.8, 4) is 0 Å². The molecule has 3 heterocycles. The molecule has 24 heavy (non-hydrogen) atoms. The predicted octanol–water partition coefficient (Wildman–Crippen LogP) is 2.52. The van der Waals surface area contributed by atoms with Crippen LogP contribution in [0.2, 0.25) is 0 Å². The molecule has 0 saturated carbocycles. The second kappa shape index (κ2) is 5.26. The van der Waals surface area contributed by atoms with Crippen molar-refractivity contribution in [3.63, 3.8) is 0 Å².